The van der Waals surface area contributed by atoms with Crippen LogP contribution in [0.5, 0.6) is 0 Å². The van der Waals surface area contributed by atoms with E-state index in [9.17, 15) is 26.7 Å². The summed E-state index contributed by atoms with van der Waals surface area (Å²) in [5.74, 6) is -6.17. The molecule has 1 fully saturated rings. The van der Waals surface area contributed by atoms with Crippen LogP contribution in [0, 0.1) is 17.5 Å². The number of H-pyrrole nitrogens is 1. The Morgan fingerprint density at radius 2 is 1.82 bits per heavy atom. The average Bonchev–Trinajstić information content (AvgIpc) is 3.43. The zero-order valence-corrected chi connectivity index (χ0v) is 18.0. The SMILES string of the molecule is O=C(Nc1c[nH]c2cc(F)c(F)cc12)c1nc(-c2cnc(N3CCC(F)(F)CC3)c(F)c2)ns1. The standard InChI is InChI=1S/C21H15F5N6OS/c22-12-6-11-15(7-13(12)23)27-9-16(11)29-19(33)20-30-17(31-34-20)10-5-14(24)18(28-8-10)32-3-1-21(25,26)2-4-32/h5-9,27H,1-4H2,(H,29,33). The van der Waals surface area contributed by atoms with Gasteiger partial charge in [0.2, 0.25) is 5.01 Å². The van der Waals surface area contributed by atoms with Gasteiger partial charge in [0, 0.05) is 55.3 Å². The first-order valence-corrected chi connectivity index (χ1v) is 10.9. The van der Waals surface area contributed by atoms with Gasteiger partial charge < -0.3 is 15.2 Å². The van der Waals surface area contributed by atoms with E-state index in [-0.39, 0.29) is 59.2 Å². The van der Waals surface area contributed by atoms with Gasteiger partial charge in [0.25, 0.3) is 11.8 Å². The third-order valence-electron chi connectivity index (χ3n) is 5.47. The number of carbonyl (C=O) groups excluding carboxylic acids is 1. The molecule has 0 bridgehead atoms. The summed E-state index contributed by atoms with van der Waals surface area (Å²) in [4.78, 5) is 24.9. The first-order chi connectivity index (χ1) is 16.2. The van der Waals surface area contributed by atoms with E-state index in [0.717, 1.165) is 29.7 Å². The van der Waals surface area contributed by atoms with Crippen molar-refractivity contribution in [3.05, 3.63) is 53.1 Å². The molecule has 0 unspecified atom stereocenters. The Morgan fingerprint density at radius 3 is 2.56 bits per heavy atom. The molecular formula is C21H15F5N6OS. The summed E-state index contributed by atoms with van der Waals surface area (Å²) in [5, 5.41) is 2.78. The summed E-state index contributed by atoms with van der Waals surface area (Å²) >= 11 is 0.762. The molecule has 1 amide bonds. The van der Waals surface area contributed by atoms with Crippen molar-refractivity contribution in [3.63, 3.8) is 0 Å². The molecule has 3 aromatic heterocycles. The van der Waals surface area contributed by atoms with Gasteiger partial charge in [0.05, 0.1) is 11.2 Å². The Bertz CT molecular complexity index is 1390. The smallest absolute Gasteiger partial charge is 0.286 e. The molecule has 5 rings (SSSR count). The number of amides is 1. The molecule has 176 valence electrons. The number of aromatic nitrogens is 4. The second-order valence-electron chi connectivity index (χ2n) is 7.76. The molecule has 0 atom stereocenters. The average molecular weight is 494 g/mol. The number of halogens is 5. The number of carbonyl (C=O) groups is 1. The topological polar surface area (TPSA) is 86.8 Å². The normalized spacial score (nSPS) is 15.6. The van der Waals surface area contributed by atoms with Gasteiger partial charge in [0.15, 0.2) is 29.1 Å². The molecule has 1 aromatic carbocycles. The van der Waals surface area contributed by atoms with Crippen molar-refractivity contribution < 1.29 is 26.7 Å². The zero-order chi connectivity index (χ0) is 24.0. The third-order valence-corrected chi connectivity index (χ3v) is 6.18. The molecule has 7 nitrogen and oxygen atoms in total. The lowest BCUT2D eigenvalue weighted by molar-refractivity contribution is -0.0222. The molecule has 1 saturated heterocycles. The van der Waals surface area contributed by atoms with E-state index in [1.54, 1.807) is 0 Å². The monoisotopic (exact) mass is 494 g/mol. The predicted molar refractivity (Wildman–Crippen MR) is 116 cm³/mol. The molecular weight excluding hydrogens is 479 g/mol. The number of hydrogen-bond donors (Lipinski definition) is 2. The van der Waals surface area contributed by atoms with Crippen molar-refractivity contribution in [3.8, 4) is 11.4 Å². The predicted octanol–water partition coefficient (Wildman–Crippen LogP) is 4.99. The number of aromatic amines is 1. The minimum atomic E-state index is -2.76. The summed E-state index contributed by atoms with van der Waals surface area (Å²) in [7, 11) is 0. The molecule has 0 radical (unpaired) electrons. The Hall–Kier alpha value is -3.61. The van der Waals surface area contributed by atoms with E-state index in [4.69, 9.17) is 0 Å². The number of piperidine rings is 1. The zero-order valence-electron chi connectivity index (χ0n) is 17.2. The summed E-state index contributed by atoms with van der Waals surface area (Å²) in [6.45, 7) is -0.0279. The van der Waals surface area contributed by atoms with E-state index in [2.05, 4.69) is 24.6 Å². The lowest BCUT2D eigenvalue weighted by Crippen LogP contribution is -2.40. The van der Waals surface area contributed by atoms with E-state index in [1.165, 1.54) is 17.3 Å². The van der Waals surface area contributed by atoms with Crippen LogP contribution in [0.15, 0.2) is 30.6 Å². The second-order valence-corrected chi connectivity index (χ2v) is 8.52. The maximum atomic E-state index is 14.7. The van der Waals surface area contributed by atoms with Crippen LogP contribution < -0.4 is 10.2 Å². The van der Waals surface area contributed by atoms with E-state index in [0.29, 0.717) is 5.52 Å². The molecule has 4 aromatic rings. The highest BCUT2D eigenvalue weighted by molar-refractivity contribution is 7.08. The van der Waals surface area contributed by atoms with Crippen LogP contribution in [0.3, 0.4) is 0 Å². The van der Waals surface area contributed by atoms with Crippen LogP contribution in [0.2, 0.25) is 0 Å². The van der Waals surface area contributed by atoms with Gasteiger partial charge >= 0.3 is 0 Å². The Morgan fingerprint density at radius 1 is 1.09 bits per heavy atom. The van der Waals surface area contributed by atoms with Crippen LogP contribution in [-0.4, -0.2) is 44.2 Å². The van der Waals surface area contributed by atoms with Crippen LogP contribution in [-0.2, 0) is 0 Å². The quantitative estimate of drug-likeness (QED) is 0.391. The van der Waals surface area contributed by atoms with Crippen molar-refractivity contribution >= 4 is 39.8 Å². The van der Waals surface area contributed by atoms with E-state index in [1.807, 2.05) is 0 Å². The molecule has 0 aliphatic carbocycles. The molecule has 2 N–H and O–H groups in total. The van der Waals surface area contributed by atoms with E-state index < -0.39 is 29.3 Å². The molecule has 0 spiro atoms. The fraction of sp³-hybridized carbons (Fsp3) is 0.238. The van der Waals surface area contributed by atoms with Gasteiger partial charge in [-0.25, -0.2) is 31.9 Å². The highest BCUT2D eigenvalue weighted by Gasteiger charge is 2.35. The minimum absolute atomic E-state index is 0.0140. The fourth-order valence-electron chi connectivity index (χ4n) is 3.66. The first-order valence-electron chi connectivity index (χ1n) is 10.1. The maximum absolute atomic E-state index is 14.7. The summed E-state index contributed by atoms with van der Waals surface area (Å²) in [6.07, 6.45) is 1.95. The third kappa shape index (κ3) is 4.18. The number of anilines is 2. The highest BCUT2D eigenvalue weighted by atomic mass is 32.1. The number of rotatable bonds is 4. The number of pyridine rings is 1. The summed E-state index contributed by atoms with van der Waals surface area (Å²) < 4.78 is 72.4. The number of alkyl halides is 2. The van der Waals surface area contributed by atoms with Crippen LogP contribution in [0.25, 0.3) is 22.3 Å². The lowest BCUT2D eigenvalue weighted by atomic mass is 10.1. The van der Waals surface area contributed by atoms with Crippen molar-refractivity contribution in [2.24, 2.45) is 0 Å². The van der Waals surface area contributed by atoms with Gasteiger partial charge in [-0.1, -0.05) is 0 Å². The van der Waals surface area contributed by atoms with Crippen molar-refractivity contribution in [2.75, 3.05) is 23.3 Å². The number of nitrogens with one attached hydrogen (secondary N) is 2. The van der Waals surface area contributed by atoms with Crippen LogP contribution >= 0.6 is 11.5 Å². The molecule has 13 heteroatoms. The Kier molecular flexibility index (Phi) is 5.42. The van der Waals surface area contributed by atoms with Gasteiger partial charge in [-0.3, -0.25) is 4.79 Å². The summed E-state index contributed by atoms with van der Waals surface area (Å²) in [6, 6.07) is 3.07. The summed E-state index contributed by atoms with van der Waals surface area (Å²) in [5.41, 5.74) is 0.731. The molecule has 34 heavy (non-hydrogen) atoms. The Labute approximate surface area is 192 Å². The maximum Gasteiger partial charge on any atom is 0.286 e. The number of fused-ring (bicyclic) bond motifs is 1. The van der Waals surface area contributed by atoms with E-state index >= 15 is 0 Å². The largest absolute Gasteiger partial charge is 0.359 e. The van der Waals surface area contributed by atoms with Crippen molar-refractivity contribution in [1.82, 2.24) is 19.3 Å². The van der Waals surface area contributed by atoms with Crippen molar-refractivity contribution in [1.29, 1.82) is 0 Å². The number of benzene rings is 1. The molecule has 0 saturated carbocycles. The van der Waals surface area contributed by atoms with Crippen LogP contribution in [0.1, 0.15) is 22.6 Å². The molecule has 1 aliphatic rings. The highest BCUT2D eigenvalue weighted by Crippen LogP contribution is 2.32. The van der Waals surface area contributed by atoms with Crippen molar-refractivity contribution in [2.45, 2.75) is 18.8 Å². The van der Waals surface area contributed by atoms with Gasteiger partial charge in [-0.05, 0) is 23.7 Å². The minimum Gasteiger partial charge on any atom is -0.359 e. The first kappa shape index (κ1) is 22.2. The van der Waals surface area contributed by atoms with Gasteiger partial charge in [-0.2, -0.15) is 4.37 Å². The fourth-order valence-corrected chi connectivity index (χ4v) is 4.24. The molecule has 4 heterocycles. The Balaban J connectivity index is 1.32. The second kappa shape index (κ2) is 8.31. The van der Waals surface area contributed by atoms with Gasteiger partial charge in [-0.15, -0.1) is 0 Å². The van der Waals surface area contributed by atoms with Gasteiger partial charge in [0.1, 0.15) is 0 Å². The lowest BCUT2D eigenvalue weighted by Gasteiger charge is -2.32. The number of nitrogens with zero attached hydrogens (tertiary/aromatic N) is 4. The number of hydrogen-bond acceptors (Lipinski definition) is 6. The molecule has 1 aliphatic heterocycles. The van der Waals surface area contributed by atoms with Crippen LogP contribution in [0.4, 0.5) is 33.5 Å².